The van der Waals surface area contributed by atoms with Crippen molar-refractivity contribution in [3.8, 4) is 11.5 Å². The van der Waals surface area contributed by atoms with Crippen LogP contribution in [0.1, 0.15) is 22.0 Å². The molecular formula is C26H21ClN2O7. The number of carboxylic acid groups (broad SMARTS) is 1. The topological polar surface area (TPSA) is 106 Å². The van der Waals surface area contributed by atoms with Gasteiger partial charge in [-0.2, -0.15) is 0 Å². The maximum atomic E-state index is 13.8. The van der Waals surface area contributed by atoms with Gasteiger partial charge in [0.2, 0.25) is 5.91 Å². The highest BCUT2D eigenvalue weighted by atomic mass is 35.5. The largest absolute Gasteiger partial charge is 0.493 e. The van der Waals surface area contributed by atoms with Crippen LogP contribution in [0.5, 0.6) is 11.5 Å². The molecule has 9 nitrogen and oxygen atoms in total. The number of ether oxygens (including phenoxy) is 2. The molecule has 3 atom stereocenters. The number of para-hydroxylation sites is 1. The molecule has 0 bridgehead atoms. The van der Waals surface area contributed by atoms with Gasteiger partial charge < -0.3 is 14.6 Å². The van der Waals surface area contributed by atoms with E-state index in [9.17, 15) is 19.5 Å². The number of anilines is 2. The molecule has 3 aromatic rings. The normalized spacial score (nSPS) is 21.0. The van der Waals surface area contributed by atoms with Crippen molar-refractivity contribution < 1.29 is 33.8 Å². The first-order chi connectivity index (χ1) is 17.4. The maximum Gasteiger partial charge on any atom is 0.339 e. The van der Waals surface area contributed by atoms with Crippen LogP contribution >= 0.6 is 11.6 Å². The van der Waals surface area contributed by atoms with E-state index in [1.54, 1.807) is 60.7 Å². The summed E-state index contributed by atoms with van der Waals surface area (Å²) in [4.78, 5) is 46.8. The first-order valence-electron chi connectivity index (χ1n) is 11.0. The molecule has 2 aliphatic heterocycles. The van der Waals surface area contributed by atoms with Gasteiger partial charge in [-0.15, -0.1) is 0 Å². The first kappa shape index (κ1) is 23.7. The highest BCUT2D eigenvalue weighted by molar-refractivity contribution is 6.31. The number of amides is 2. The lowest BCUT2D eigenvalue weighted by Gasteiger charge is -2.30. The van der Waals surface area contributed by atoms with Gasteiger partial charge in [-0.1, -0.05) is 35.9 Å². The summed E-state index contributed by atoms with van der Waals surface area (Å²) in [6.45, 7) is 0. The molecule has 3 aromatic carbocycles. The first-order valence-corrected chi connectivity index (χ1v) is 11.4. The molecule has 0 unspecified atom stereocenters. The Morgan fingerprint density at radius 1 is 0.917 bits per heavy atom. The van der Waals surface area contributed by atoms with Gasteiger partial charge in [0.1, 0.15) is 11.5 Å². The molecule has 36 heavy (non-hydrogen) atoms. The molecule has 0 saturated carbocycles. The van der Waals surface area contributed by atoms with E-state index in [1.165, 1.54) is 19.3 Å². The second kappa shape index (κ2) is 9.18. The highest BCUT2D eigenvalue weighted by Gasteiger charge is 2.61. The Morgan fingerprint density at radius 3 is 2.22 bits per heavy atom. The van der Waals surface area contributed by atoms with Gasteiger partial charge in [0.05, 0.1) is 31.6 Å². The molecule has 0 aromatic heterocycles. The molecule has 184 valence electrons. The number of fused-ring (bicyclic) bond motifs is 1. The van der Waals surface area contributed by atoms with Crippen LogP contribution in [0.25, 0.3) is 0 Å². The Balaban J connectivity index is 1.68. The third kappa shape index (κ3) is 3.64. The summed E-state index contributed by atoms with van der Waals surface area (Å²) < 4.78 is 10.7. The second-order valence-corrected chi connectivity index (χ2v) is 8.65. The highest BCUT2D eigenvalue weighted by Crippen LogP contribution is 2.50. The SMILES string of the molecule is COc1ccc([C@H]2[C@@H]3C(=O)N(c4ccc(Cl)cc4)C(=O)[C@H]3ON2c2ccccc2)c(C(=O)O)c1OC. The summed E-state index contributed by atoms with van der Waals surface area (Å²) in [6, 6.07) is 17.3. The summed E-state index contributed by atoms with van der Waals surface area (Å²) in [6.07, 6.45) is -1.16. The molecule has 2 fully saturated rings. The molecule has 1 N–H and O–H groups in total. The van der Waals surface area contributed by atoms with Crippen molar-refractivity contribution in [2.24, 2.45) is 5.92 Å². The van der Waals surface area contributed by atoms with Gasteiger partial charge in [0.25, 0.3) is 5.91 Å². The van der Waals surface area contributed by atoms with Crippen LogP contribution in [-0.2, 0) is 14.4 Å². The number of methoxy groups -OCH3 is 2. The zero-order chi connectivity index (χ0) is 25.6. The quantitative estimate of drug-likeness (QED) is 0.496. The van der Waals surface area contributed by atoms with Gasteiger partial charge in [-0.25, -0.2) is 14.8 Å². The van der Waals surface area contributed by atoms with Crippen LogP contribution < -0.4 is 19.4 Å². The fraction of sp³-hybridized carbons (Fsp3) is 0.192. The monoisotopic (exact) mass is 508 g/mol. The minimum atomic E-state index is -1.27. The van der Waals surface area contributed by atoms with Gasteiger partial charge in [-0.05, 0) is 48.0 Å². The van der Waals surface area contributed by atoms with E-state index in [2.05, 4.69) is 0 Å². The summed E-state index contributed by atoms with van der Waals surface area (Å²) in [5.74, 6) is -3.13. The predicted octanol–water partition coefficient (Wildman–Crippen LogP) is 4.11. The van der Waals surface area contributed by atoms with Crippen molar-refractivity contribution in [2.75, 3.05) is 24.2 Å². The van der Waals surface area contributed by atoms with E-state index >= 15 is 0 Å². The Bertz CT molecular complexity index is 1350. The average molecular weight is 509 g/mol. The van der Waals surface area contributed by atoms with Crippen molar-refractivity contribution in [3.63, 3.8) is 0 Å². The van der Waals surface area contributed by atoms with E-state index in [0.29, 0.717) is 16.4 Å². The number of rotatable bonds is 6. The molecule has 10 heteroatoms. The summed E-state index contributed by atoms with van der Waals surface area (Å²) in [7, 11) is 2.74. The average Bonchev–Trinajstić information content (AvgIpc) is 3.39. The Hall–Kier alpha value is -4.08. The zero-order valence-corrected chi connectivity index (χ0v) is 20.0. The van der Waals surface area contributed by atoms with Crippen LogP contribution in [0, 0.1) is 5.92 Å². The molecule has 0 radical (unpaired) electrons. The number of carboxylic acids is 1. The third-order valence-corrected chi connectivity index (χ3v) is 6.57. The molecule has 2 heterocycles. The number of hydrogen-bond donors (Lipinski definition) is 1. The van der Waals surface area contributed by atoms with Crippen LogP contribution in [-0.4, -0.2) is 43.2 Å². The van der Waals surface area contributed by atoms with Crippen molar-refractivity contribution in [2.45, 2.75) is 12.1 Å². The molecule has 2 aliphatic rings. The Kier molecular flexibility index (Phi) is 6.03. The van der Waals surface area contributed by atoms with Crippen LogP contribution in [0.15, 0.2) is 66.7 Å². The summed E-state index contributed by atoms with van der Waals surface area (Å²) in [5, 5.41) is 12.0. The van der Waals surface area contributed by atoms with Crippen LogP contribution in [0.3, 0.4) is 0 Å². The number of halogens is 1. The minimum Gasteiger partial charge on any atom is -0.493 e. The predicted molar refractivity (Wildman–Crippen MR) is 130 cm³/mol. The van der Waals surface area contributed by atoms with Crippen molar-refractivity contribution in [1.82, 2.24) is 0 Å². The van der Waals surface area contributed by atoms with Gasteiger partial charge in [0, 0.05) is 5.02 Å². The van der Waals surface area contributed by atoms with Crippen LogP contribution in [0.4, 0.5) is 11.4 Å². The lowest BCUT2D eigenvalue weighted by molar-refractivity contribution is -0.126. The van der Waals surface area contributed by atoms with Crippen molar-refractivity contribution in [3.05, 3.63) is 82.9 Å². The van der Waals surface area contributed by atoms with E-state index < -0.39 is 35.8 Å². The lowest BCUT2D eigenvalue weighted by atomic mass is 9.87. The molecular weight excluding hydrogens is 488 g/mol. The standard InChI is InChI=1S/C26H21ClN2O7/c1-34-18-13-12-17(19(26(32)33)22(18)35-2)21-20-23(36-29(21)16-6-4-3-5-7-16)25(31)28(24(20)30)15-10-8-14(27)9-11-15/h3-13,20-21,23H,1-2H3,(H,32,33)/t20-,21-,23-/m0/s1. The number of benzene rings is 3. The number of nitrogens with zero attached hydrogens (tertiary/aromatic N) is 2. The fourth-order valence-corrected chi connectivity index (χ4v) is 4.91. The number of carbonyl (C=O) groups is 3. The number of hydroxylamine groups is 1. The third-order valence-electron chi connectivity index (χ3n) is 6.32. The molecule has 0 spiro atoms. The number of imide groups is 1. The van der Waals surface area contributed by atoms with Crippen molar-refractivity contribution in [1.29, 1.82) is 0 Å². The van der Waals surface area contributed by atoms with E-state index in [0.717, 1.165) is 4.90 Å². The number of aromatic carboxylic acids is 1. The molecule has 2 amide bonds. The number of carbonyl (C=O) groups excluding carboxylic acids is 2. The summed E-state index contributed by atoms with van der Waals surface area (Å²) in [5.41, 5.74) is 0.970. The van der Waals surface area contributed by atoms with Crippen LogP contribution in [0.2, 0.25) is 5.02 Å². The van der Waals surface area contributed by atoms with E-state index in [4.69, 9.17) is 25.9 Å². The maximum absolute atomic E-state index is 13.8. The smallest absolute Gasteiger partial charge is 0.339 e. The minimum absolute atomic E-state index is 0.00490. The van der Waals surface area contributed by atoms with Gasteiger partial charge in [0.15, 0.2) is 17.6 Å². The van der Waals surface area contributed by atoms with E-state index in [1.807, 2.05) is 6.07 Å². The zero-order valence-electron chi connectivity index (χ0n) is 19.3. The number of hydrogen-bond acceptors (Lipinski definition) is 7. The van der Waals surface area contributed by atoms with Gasteiger partial charge in [-0.3, -0.25) is 14.4 Å². The Morgan fingerprint density at radius 2 is 1.61 bits per heavy atom. The van der Waals surface area contributed by atoms with Gasteiger partial charge >= 0.3 is 5.97 Å². The molecule has 0 aliphatic carbocycles. The lowest BCUT2D eigenvalue weighted by Crippen LogP contribution is -2.37. The van der Waals surface area contributed by atoms with Crippen molar-refractivity contribution >= 4 is 40.8 Å². The fourth-order valence-electron chi connectivity index (χ4n) is 4.78. The molecule has 2 saturated heterocycles. The Labute approximate surface area is 211 Å². The summed E-state index contributed by atoms with van der Waals surface area (Å²) >= 11 is 5.98. The molecule has 5 rings (SSSR count). The second-order valence-electron chi connectivity index (χ2n) is 8.22. The van der Waals surface area contributed by atoms with E-state index in [-0.39, 0.29) is 22.6 Å².